The van der Waals surface area contributed by atoms with Gasteiger partial charge in [-0.25, -0.2) is 14.0 Å². The van der Waals surface area contributed by atoms with Crippen LogP contribution in [0.5, 0.6) is 0 Å². The second-order valence-corrected chi connectivity index (χ2v) is 11.2. The Morgan fingerprint density at radius 2 is 1.55 bits per heavy atom. The molecule has 11 nitrogen and oxygen atoms in total. The lowest BCUT2D eigenvalue weighted by molar-refractivity contribution is -0.121. The fraction of sp³-hybridized carbons (Fsp3) is 0.486. The second-order valence-electron chi connectivity index (χ2n) is 11.2. The van der Waals surface area contributed by atoms with E-state index in [1.165, 1.54) is 12.3 Å². The molecule has 0 bridgehead atoms. The third-order valence-corrected chi connectivity index (χ3v) is 7.33. The monoisotopic (exact) mass is 655 g/mol. The van der Waals surface area contributed by atoms with Crippen LogP contribution >= 0.6 is 0 Å². The predicted molar refractivity (Wildman–Crippen MR) is 182 cm³/mol. The predicted octanol–water partition coefficient (Wildman–Crippen LogP) is 5.39. The number of nitrogens with one attached hydrogen (secondary N) is 1. The molecule has 1 saturated heterocycles. The molecule has 5 N–H and O–H groups in total. The SMILES string of the molecule is CC/C=C\C/C=C\C/C=C\C/C=C\C/C=C\C/C=C\CCC(=O)NCCN(C[C@H]1O[C@@H](n2ccc(N)nc2=O)[C@](C)(F)[C@@H]1O)C(=O)O. The molecule has 0 radical (unpaired) electrons. The number of ether oxygens (including phenoxy) is 1. The number of aromatic nitrogens is 2. The summed E-state index contributed by atoms with van der Waals surface area (Å²) in [6.07, 6.45) is 27.1. The number of anilines is 1. The zero-order chi connectivity index (χ0) is 34.5. The van der Waals surface area contributed by atoms with Crippen LogP contribution in [0.2, 0.25) is 0 Å². The van der Waals surface area contributed by atoms with E-state index in [2.05, 4.69) is 78.0 Å². The summed E-state index contributed by atoms with van der Waals surface area (Å²) in [5, 5.41) is 22.9. The molecule has 0 saturated carbocycles. The number of carbonyl (C=O) groups is 2. The second kappa shape index (κ2) is 21.5. The van der Waals surface area contributed by atoms with Crippen molar-refractivity contribution in [1.29, 1.82) is 0 Å². The molecule has 2 heterocycles. The normalized spacial score (nSPS) is 21.8. The molecule has 1 aliphatic rings. The number of nitrogen functional groups attached to an aromatic ring is 1. The number of amides is 2. The van der Waals surface area contributed by atoms with E-state index in [0.717, 1.165) is 54.9 Å². The van der Waals surface area contributed by atoms with Gasteiger partial charge >= 0.3 is 11.8 Å². The van der Waals surface area contributed by atoms with E-state index in [0.29, 0.717) is 6.42 Å². The van der Waals surface area contributed by atoms with Crippen LogP contribution in [0.3, 0.4) is 0 Å². The van der Waals surface area contributed by atoms with Gasteiger partial charge < -0.3 is 30.9 Å². The van der Waals surface area contributed by atoms with Gasteiger partial charge in [0.25, 0.3) is 0 Å². The fourth-order valence-corrected chi connectivity index (χ4v) is 4.72. The van der Waals surface area contributed by atoms with Gasteiger partial charge in [-0.1, -0.05) is 79.8 Å². The Morgan fingerprint density at radius 3 is 2.06 bits per heavy atom. The minimum absolute atomic E-state index is 0.0232. The van der Waals surface area contributed by atoms with E-state index in [1.54, 1.807) is 0 Å². The highest BCUT2D eigenvalue weighted by molar-refractivity contribution is 5.76. The largest absolute Gasteiger partial charge is 0.465 e. The zero-order valence-corrected chi connectivity index (χ0v) is 27.4. The van der Waals surface area contributed by atoms with Gasteiger partial charge in [0.2, 0.25) is 5.91 Å². The molecule has 47 heavy (non-hydrogen) atoms. The van der Waals surface area contributed by atoms with Gasteiger partial charge in [0.05, 0.1) is 6.54 Å². The average molecular weight is 656 g/mol. The Hall–Kier alpha value is -4.29. The fourth-order valence-electron chi connectivity index (χ4n) is 4.72. The van der Waals surface area contributed by atoms with Crippen LogP contribution in [0.4, 0.5) is 15.0 Å². The minimum Gasteiger partial charge on any atom is -0.465 e. The molecule has 258 valence electrons. The third kappa shape index (κ3) is 14.3. The molecule has 12 heteroatoms. The topological polar surface area (TPSA) is 160 Å². The van der Waals surface area contributed by atoms with Crippen LogP contribution in [0, 0.1) is 0 Å². The van der Waals surface area contributed by atoms with E-state index < -0.39 is 35.9 Å². The van der Waals surface area contributed by atoms with Gasteiger partial charge in [0.1, 0.15) is 18.0 Å². The van der Waals surface area contributed by atoms with E-state index in [-0.39, 0.29) is 37.8 Å². The van der Waals surface area contributed by atoms with E-state index in [9.17, 15) is 24.6 Å². The quantitative estimate of drug-likeness (QED) is 0.136. The maximum Gasteiger partial charge on any atom is 0.407 e. The van der Waals surface area contributed by atoms with Crippen LogP contribution in [0.1, 0.15) is 71.4 Å². The van der Waals surface area contributed by atoms with Gasteiger partial charge in [-0.15, -0.1) is 0 Å². The molecule has 1 fully saturated rings. The first-order chi connectivity index (χ1) is 22.6. The average Bonchev–Trinajstić information content (AvgIpc) is 3.24. The lowest BCUT2D eigenvalue weighted by Crippen LogP contribution is -2.47. The molecule has 2 rings (SSSR count). The number of nitrogens with two attached hydrogens (primary N) is 1. The third-order valence-electron chi connectivity index (χ3n) is 7.33. The summed E-state index contributed by atoms with van der Waals surface area (Å²) in [7, 11) is 0. The molecule has 0 aliphatic carbocycles. The number of aliphatic hydroxyl groups excluding tert-OH is 1. The van der Waals surface area contributed by atoms with Crippen LogP contribution in [-0.2, 0) is 9.53 Å². The number of hydrogen-bond acceptors (Lipinski definition) is 7. The summed E-state index contributed by atoms with van der Waals surface area (Å²) in [4.78, 5) is 40.7. The lowest BCUT2D eigenvalue weighted by atomic mass is 9.98. The lowest BCUT2D eigenvalue weighted by Gasteiger charge is -2.25. The van der Waals surface area contributed by atoms with Gasteiger partial charge in [-0.05, 0) is 57.9 Å². The van der Waals surface area contributed by atoms with Crippen molar-refractivity contribution in [3.8, 4) is 0 Å². The van der Waals surface area contributed by atoms with Crippen molar-refractivity contribution >= 4 is 17.8 Å². The molecule has 2 amide bonds. The Balaban J connectivity index is 1.62. The van der Waals surface area contributed by atoms with Gasteiger partial charge in [-0.2, -0.15) is 4.98 Å². The number of halogens is 1. The molecule has 4 atom stereocenters. The summed E-state index contributed by atoms with van der Waals surface area (Å²) >= 11 is 0. The van der Waals surface area contributed by atoms with Crippen molar-refractivity contribution in [2.24, 2.45) is 0 Å². The summed E-state index contributed by atoms with van der Waals surface area (Å²) in [5.41, 5.74) is 2.21. The van der Waals surface area contributed by atoms with Crippen LogP contribution in [0.25, 0.3) is 0 Å². The van der Waals surface area contributed by atoms with Gasteiger partial charge in [0.15, 0.2) is 11.9 Å². The van der Waals surface area contributed by atoms with Crippen molar-refractivity contribution in [2.75, 3.05) is 25.4 Å². The maximum atomic E-state index is 15.4. The Kier molecular flexibility index (Phi) is 17.8. The summed E-state index contributed by atoms with van der Waals surface area (Å²) in [6, 6.07) is 1.29. The van der Waals surface area contributed by atoms with Crippen LogP contribution in [-0.4, -0.2) is 74.2 Å². The molecule has 1 aromatic heterocycles. The molecular formula is C35H50FN5O6. The van der Waals surface area contributed by atoms with E-state index >= 15 is 4.39 Å². The molecule has 0 unspecified atom stereocenters. The van der Waals surface area contributed by atoms with E-state index in [1.807, 2.05) is 12.2 Å². The highest BCUT2D eigenvalue weighted by atomic mass is 19.1. The Labute approximate surface area is 276 Å². The Morgan fingerprint density at radius 1 is 1.02 bits per heavy atom. The first-order valence-electron chi connectivity index (χ1n) is 16.1. The summed E-state index contributed by atoms with van der Waals surface area (Å²) in [5.74, 6) is -0.294. The van der Waals surface area contributed by atoms with Crippen molar-refractivity contribution in [3.63, 3.8) is 0 Å². The van der Waals surface area contributed by atoms with Crippen molar-refractivity contribution in [1.82, 2.24) is 19.8 Å². The molecule has 0 spiro atoms. The number of nitrogens with zero attached hydrogens (tertiary/aromatic N) is 3. The molecule has 0 aromatic carbocycles. The number of hydrogen-bond donors (Lipinski definition) is 4. The highest BCUT2D eigenvalue weighted by Crippen LogP contribution is 2.40. The highest BCUT2D eigenvalue weighted by Gasteiger charge is 2.55. The van der Waals surface area contributed by atoms with Gasteiger partial charge in [0, 0.05) is 25.7 Å². The first-order valence-corrected chi connectivity index (χ1v) is 16.1. The standard InChI is InChI=1S/C35H50FN5O6/c1-3-4-5-6-7-8-9-10-11-12-13-14-15-16-17-18-19-20-21-22-30(42)38-24-26-40(34(45)46)27-28-31(43)35(2,36)32(47-28)41-25-23-29(37)39-33(41)44/h4-5,7-8,10-11,13-14,16-17,19-20,23,25,28,31-32,43H,3,6,9,12,15,18,21-22,24,26-27H2,1-2H3,(H,38,42)(H,45,46)(H2,37,39,44)/b5-4-,8-7-,11-10-,14-13-,17-16-,20-19-/t28-,31-,32-,35-/m1/s1. The number of carbonyl (C=O) groups excluding carboxylic acids is 1. The molecule has 1 aliphatic heterocycles. The van der Waals surface area contributed by atoms with Crippen molar-refractivity contribution in [3.05, 3.63) is 95.7 Å². The summed E-state index contributed by atoms with van der Waals surface area (Å²) < 4.78 is 21.9. The van der Waals surface area contributed by atoms with Crippen LogP contribution in [0.15, 0.2) is 90.0 Å². The van der Waals surface area contributed by atoms with Crippen molar-refractivity contribution < 1.29 is 28.9 Å². The number of alkyl halides is 1. The number of allylic oxidation sites excluding steroid dienone is 12. The molecular weight excluding hydrogens is 605 g/mol. The molecule has 1 aromatic rings. The number of aliphatic hydroxyl groups is 1. The van der Waals surface area contributed by atoms with E-state index in [4.69, 9.17) is 10.5 Å². The van der Waals surface area contributed by atoms with Gasteiger partial charge in [-0.3, -0.25) is 9.36 Å². The number of rotatable bonds is 20. The van der Waals surface area contributed by atoms with Crippen molar-refractivity contribution in [2.45, 2.75) is 89.3 Å². The smallest absolute Gasteiger partial charge is 0.407 e. The minimum atomic E-state index is -2.41. The van der Waals surface area contributed by atoms with Crippen LogP contribution < -0.4 is 16.7 Å². The summed E-state index contributed by atoms with van der Waals surface area (Å²) in [6.45, 7) is 2.73. The zero-order valence-electron chi connectivity index (χ0n) is 27.4. The maximum absolute atomic E-state index is 15.4. The Bertz CT molecular complexity index is 1350. The first kappa shape index (κ1) is 38.9. The number of carboxylic acid groups (broad SMARTS) is 1.